The average Bonchev–Trinajstić information content (AvgIpc) is 3.03. The van der Waals surface area contributed by atoms with Gasteiger partial charge in [-0.15, -0.1) is 0 Å². The van der Waals surface area contributed by atoms with Gasteiger partial charge in [0.25, 0.3) is 5.91 Å². The summed E-state index contributed by atoms with van der Waals surface area (Å²) < 4.78 is 10.5. The number of amides is 1. The van der Waals surface area contributed by atoms with Gasteiger partial charge in [-0.1, -0.05) is 23.2 Å². The largest absolute Gasteiger partial charge is 0.457 e. The lowest BCUT2D eigenvalue weighted by atomic mass is 10.2. The SMILES string of the molecule is COCCNC(=O)/C(C#N)=C/c1ccc(-c2cc(Cl)ccc2Cl)o1. The lowest BCUT2D eigenvalue weighted by Gasteiger charge is -2.02. The molecule has 1 N–H and O–H groups in total. The Morgan fingerprint density at radius 3 is 2.88 bits per heavy atom. The minimum Gasteiger partial charge on any atom is -0.457 e. The van der Waals surface area contributed by atoms with Crippen molar-refractivity contribution >= 4 is 35.2 Å². The van der Waals surface area contributed by atoms with Crippen LogP contribution in [-0.4, -0.2) is 26.2 Å². The van der Waals surface area contributed by atoms with Crippen LogP contribution in [0.5, 0.6) is 0 Å². The van der Waals surface area contributed by atoms with Crippen molar-refractivity contribution in [3.63, 3.8) is 0 Å². The molecule has 0 fully saturated rings. The molecule has 0 atom stereocenters. The molecule has 24 heavy (non-hydrogen) atoms. The zero-order valence-electron chi connectivity index (χ0n) is 12.8. The zero-order chi connectivity index (χ0) is 17.5. The summed E-state index contributed by atoms with van der Waals surface area (Å²) in [5.74, 6) is 0.360. The molecule has 0 radical (unpaired) electrons. The molecule has 0 aliphatic heterocycles. The van der Waals surface area contributed by atoms with Crippen LogP contribution in [-0.2, 0) is 9.53 Å². The van der Waals surface area contributed by atoms with Crippen molar-refractivity contribution in [1.29, 1.82) is 5.26 Å². The van der Waals surface area contributed by atoms with Crippen LogP contribution in [0.2, 0.25) is 10.0 Å². The summed E-state index contributed by atoms with van der Waals surface area (Å²) in [7, 11) is 1.53. The molecule has 0 saturated heterocycles. The highest BCUT2D eigenvalue weighted by Gasteiger charge is 2.12. The van der Waals surface area contributed by atoms with Gasteiger partial charge in [-0.3, -0.25) is 4.79 Å². The van der Waals surface area contributed by atoms with Crippen molar-refractivity contribution < 1.29 is 13.9 Å². The van der Waals surface area contributed by atoms with Crippen molar-refractivity contribution in [2.75, 3.05) is 20.3 Å². The van der Waals surface area contributed by atoms with Gasteiger partial charge in [0, 0.05) is 30.3 Å². The van der Waals surface area contributed by atoms with E-state index in [4.69, 9.17) is 37.6 Å². The monoisotopic (exact) mass is 364 g/mol. The van der Waals surface area contributed by atoms with E-state index in [1.807, 2.05) is 6.07 Å². The van der Waals surface area contributed by atoms with Gasteiger partial charge in [-0.2, -0.15) is 5.26 Å². The summed E-state index contributed by atoms with van der Waals surface area (Å²) in [6.45, 7) is 0.679. The molecule has 1 amide bonds. The Labute approximate surface area is 149 Å². The molecule has 5 nitrogen and oxygen atoms in total. The smallest absolute Gasteiger partial charge is 0.262 e. The first-order chi connectivity index (χ1) is 11.5. The molecule has 1 aromatic heterocycles. The maximum absolute atomic E-state index is 11.9. The average molecular weight is 365 g/mol. The van der Waals surface area contributed by atoms with Crippen molar-refractivity contribution in [1.82, 2.24) is 5.32 Å². The second kappa shape index (κ2) is 8.55. The van der Waals surface area contributed by atoms with Crippen LogP contribution in [0.15, 0.2) is 40.3 Å². The van der Waals surface area contributed by atoms with E-state index in [1.165, 1.54) is 13.2 Å². The van der Waals surface area contributed by atoms with E-state index in [9.17, 15) is 4.79 Å². The molecule has 0 aliphatic carbocycles. The highest BCUT2D eigenvalue weighted by molar-refractivity contribution is 6.35. The van der Waals surface area contributed by atoms with Gasteiger partial charge in [-0.25, -0.2) is 0 Å². The summed E-state index contributed by atoms with van der Waals surface area (Å²) in [5, 5.41) is 12.7. The molecular weight excluding hydrogens is 351 g/mol. The normalized spacial score (nSPS) is 11.2. The number of halogens is 2. The number of ether oxygens (including phenoxy) is 1. The highest BCUT2D eigenvalue weighted by Crippen LogP contribution is 2.32. The van der Waals surface area contributed by atoms with Gasteiger partial charge in [0.05, 0.1) is 11.6 Å². The number of nitrogens with zero attached hydrogens (tertiary/aromatic N) is 1. The number of methoxy groups -OCH3 is 1. The number of rotatable bonds is 6. The number of carbonyl (C=O) groups excluding carboxylic acids is 1. The topological polar surface area (TPSA) is 75.3 Å². The number of furan rings is 1. The van der Waals surface area contributed by atoms with Crippen molar-refractivity contribution in [3.05, 3.63) is 51.7 Å². The Hall–Kier alpha value is -2.26. The minimum atomic E-state index is -0.492. The maximum Gasteiger partial charge on any atom is 0.262 e. The van der Waals surface area contributed by atoms with Crippen molar-refractivity contribution in [2.24, 2.45) is 0 Å². The molecule has 2 aromatic rings. The van der Waals surface area contributed by atoms with E-state index < -0.39 is 5.91 Å². The molecule has 0 bridgehead atoms. The van der Waals surface area contributed by atoms with E-state index in [-0.39, 0.29) is 5.57 Å². The van der Waals surface area contributed by atoms with E-state index in [0.717, 1.165) is 0 Å². The molecule has 0 saturated carbocycles. The summed E-state index contributed by atoms with van der Waals surface area (Å²) in [6.07, 6.45) is 1.37. The second-order valence-electron chi connectivity index (χ2n) is 4.74. The number of nitrogens with one attached hydrogen (secondary N) is 1. The molecule has 1 heterocycles. The van der Waals surface area contributed by atoms with Crippen LogP contribution in [0.1, 0.15) is 5.76 Å². The lowest BCUT2D eigenvalue weighted by molar-refractivity contribution is -0.117. The summed E-state index contributed by atoms with van der Waals surface area (Å²) in [4.78, 5) is 11.9. The van der Waals surface area contributed by atoms with Crippen LogP contribution in [0.3, 0.4) is 0 Å². The number of nitriles is 1. The van der Waals surface area contributed by atoms with Gasteiger partial charge in [0.15, 0.2) is 0 Å². The molecule has 0 spiro atoms. The molecule has 7 heteroatoms. The predicted octanol–water partition coefficient (Wildman–Crippen LogP) is 3.92. The Balaban J connectivity index is 2.21. The fourth-order valence-corrected chi connectivity index (χ4v) is 2.30. The maximum atomic E-state index is 11.9. The Morgan fingerprint density at radius 2 is 2.17 bits per heavy atom. The van der Waals surface area contributed by atoms with Crippen LogP contribution >= 0.6 is 23.2 Å². The quantitative estimate of drug-likeness (QED) is 0.478. The van der Waals surface area contributed by atoms with Gasteiger partial charge in [0.1, 0.15) is 23.2 Å². The minimum absolute atomic E-state index is 0.0656. The van der Waals surface area contributed by atoms with Gasteiger partial charge in [-0.05, 0) is 30.3 Å². The standard InChI is InChI=1S/C17H14Cl2N2O3/c1-23-7-6-21-17(22)11(10-20)8-13-3-5-16(24-13)14-9-12(18)2-4-15(14)19/h2-5,8-9H,6-7H2,1H3,(H,21,22)/b11-8+. The fraction of sp³-hybridized carbons (Fsp3) is 0.176. The van der Waals surface area contributed by atoms with E-state index >= 15 is 0 Å². The first kappa shape index (κ1) is 18.1. The number of benzene rings is 1. The Morgan fingerprint density at radius 1 is 1.38 bits per heavy atom. The first-order valence-electron chi connectivity index (χ1n) is 6.99. The summed E-state index contributed by atoms with van der Waals surface area (Å²) >= 11 is 12.1. The molecule has 0 unspecified atom stereocenters. The van der Waals surface area contributed by atoms with E-state index in [1.54, 1.807) is 30.3 Å². The lowest BCUT2D eigenvalue weighted by Crippen LogP contribution is -2.27. The molecule has 1 aromatic carbocycles. The van der Waals surface area contributed by atoms with Crippen molar-refractivity contribution in [2.45, 2.75) is 0 Å². The van der Waals surface area contributed by atoms with Crippen molar-refractivity contribution in [3.8, 4) is 17.4 Å². The third-order valence-corrected chi connectivity index (χ3v) is 3.63. The molecule has 2 rings (SSSR count). The number of carbonyl (C=O) groups is 1. The van der Waals surface area contributed by atoms with E-state index in [2.05, 4.69) is 5.32 Å². The van der Waals surface area contributed by atoms with Crippen LogP contribution < -0.4 is 5.32 Å². The predicted molar refractivity (Wildman–Crippen MR) is 92.6 cm³/mol. The first-order valence-corrected chi connectivity index (χ1v) is 7.75. The Kier molecular flexibility index (Phi) is 6.44. The third-order valence-electron chi connectivity index (χ3n) is 3.06. The van der Waals surface area contributed by atoms with Crippen LogP contribution in [0.25, 0.3) is 17.4 Å². The van der Waals surface area contributed by atoms with Crippen LogP contribution in [0.4, 0.5) is 0 Å². The van der Waals surface area contributed by atoms with Gasteiger partial charge < -0.3 is 14.5 Å². The van der Waals surface area contributed by atoms with Gasteiger partial charge in [0.2, 0.25) is 0 Å². The number of hydrogen-bond donors (Lipinski definition) is 1. The summed E-state index contributed by atoms with van der Waals surface area (Å²) in [5.41, 5.74) is 0.566. The van der Waals surface area contributed by atoms with Crippen LogP contribution in [0, 0.1) is 11.3 Å². The third kappa shape index (κ3) is 4.62. The highest BCUT2D eigenvalue weighted by atomic mass is 35.5. The second-order valence-corrected chi connectivity index (χ2v) is 5.59. The number of hydrogen-bond acceptors (Lipinski definition) is 4. The van der Waals surface area contributed by atoms with Gasteiger partial charge >= 0.3 is 0 Å². The zero-order valence-corrected chi connectivity index (χ0v) is 14.3. The Bertz CT molecular complexity index is 806. The molecular formula is C17H14Cl2N2O3. The molecule has 0 aliphatic rings. The molecule has 124 valence electrons. The summed E-state index contributed by atoms with van der Waals surface area (Å²) in [6, 6.07) is 10.2. The fourth-order valence-electron chi connectivity index (χ4n) is 1.91. The van der Waals surface area contributed by atoms with E-state index in [0.29, 0.717) is 40.3 Å².